The number of amides is 2. The molecule has 0 saturated carbocycles. The number of carbonyl (C=O) groups is 2. The van der Waals surface area contributed by atoms with E-state index in [4.69, 9.17) is 10.5 Å². The number of rotatable bonds is 3. The van der Waals surface area contributed by atoms with Crippen molar-refractivity contribution in [1.82, 2.24) is 0 Å². The molecule has 0 aliphatic rings. The molecule has 3 N–H and O–H groups in total. The van der Waals surface area contributed by atoms with Crippen LogP contribution in [0.25, 0.3) is 0 Å². The zero-order valence-electron chi connectivity index (χ0n) is 9.46. The lowest BCUT2D eigenvalue weighted by atomic mass is 10.0. The van der Waals surface area contributed by atoms with Crippen molar-refractivity contribution >= 4 is 17.5 Å². The highest BCUT2D eigenvalue weighted by Crippen LogP contribution is 2.27. The molecule has 1 aromatic rings. The Morgan fingerprint density at radius 1 is 1.38 bits per heavy atom. The number of nitrogens with two attached hydrogens (primary N) is 1. The van der Waals surface area contributed by atoms with Crippen molar-refractivity contribution in [3.8, 4) is 5.75 Å². The number of benzene rings is 1. The summed E-state index contributed by atoms with van der Waals surface area (Å²) < 4.78 is 5.03. The molecule has 1 rings (SSSR count). The van der Waals surface area contributed by atoms with Crippen molar-refractivity contribution in [2.24, 2.45) is 5.73 Å². The number of hydrogen-bond donors (Lipinski definition) is 2. The molecule has 86 valence electrons. The van der Waals surface area contributed by atoms with Gasteiger partial charge in [0.05, 0.1) is 12.7 Å². The van der Waals surface area contributed by atoms with Gasteiger partial charge in [-0.1, -0.05) is 0 Å². The van der Waals surface area contributed by atoms with E-state index < -0.39 is 5.91 Å². The van der Waals surface area contributed by atoms with E-state index in [-0.39, 0.29) is 11.5 Å². The second-order valence-electron chi connectivity index (χ2n) is 3.36. The quantitative estimate of drug-likeness (QED) is 0.802. The molecule has 5 nitrogen and oxygen atoms in total. The maximum absolute atomic E-state index is 11.3. The van der Waals surface area contributed by atoms with Crippen LogP contribution in [0.2, 0.25) is 0 Å². The Kier molecular flexibility index (Phi) is 3.50. The standard InChI is InChI=1S/C11H14N2O3/c1-6-8(13-7(2)14)4-5-9(16-3)10(6)11(12)15/h4-5H,1-3H3,(H2,12,15)(H,13,14). The summed E-state index contributed by atoms with van der Waals surface area (Å²) in [7, 11) is 1.46. The summed E-state index contributed by atoms with van der Waals surface area (Å²) in [5, 5.41) is 2.62. The van der Waals surface area contributed by atoms with Crippen LogP contribution in [-0.2, 0) is 4.79 Å². The fourth-order valence-corrected chi connectivity index (χ4v) is 1.49. The smallest absolute Gasteiger partial charge is 0.252 e. The second kappa shape index (κ2) is 4.65. The van der Waals surface area contributed by atoms with Crippen molar-refractivity contribution in [2.45, 2.75) is 13.8 Å². The fraction of sp³-hybridized carbons (Fsp3) is 0.273. The number of methoxy groups -OCH3 is 1. The number of nitrogens with one attached hydrogen (secondary N) is 1. The van der Waals surface area contributed by atoms with Crippen LogP contribution in [0, 0.1) is 6.92 Å². The van der Waals surface area contributed by atoms with Crippen LogP contribution >= 0.6 is 0 Å². The maximum atomic E-state index is 11.3. The molecule has 0 aromatic heterocycles. The van der Waals surface area contributed by atoms with Gasteiger partial charge in [0, 0.05) is 12.6 Å². The van der Waals surface area contributed by atoms with Gasteiger partial charge in [-0.05, 0) is 24.6 Å². The van der Waals surface area contributed by atoms with Crippen molar-refractivity contribution in [3.05, 3.63) is 23.3 Å². The largest absolute Gasteiger partial charge is 0.496 e. The zero-order chi connectivity index (χ0) is 12.3. The number of primary amides is 1. The number of ether oxygens (including phenoxy) is 1. The van der Waals surface area contributed by atoms with Gasteiger partial charge in [-0.15, -0.1) is 0 Å². The minimum atomic E-state index is -0.582. The molecule has 0 bridgehead atoms. The van der Waals surface area contributed by atoms with Gasteiger partial charge in [-0.2, -0.15) is 0 Å². The first-order valence-electron chi connectivity index (χ1n) is 4.72. The Bertz CT molecular complexity index is 441. The minimum absolute atomic E-state index is 0.205. The Morgan fingerprint density at radius 3 is 2.44 bits per heavy atom. The predicted molar refractivity (Wildman–Crippen MR) is 60.6 cm³/mol. The molecular weight excluding hydrogens is 208 g/mol. The van der Waals surface area contributed by atoms with Gasteiger partial charge < -0.3 is 15.8 Å². The van der Waals surface area contributed by atoms with E-state index in [2.05, 4.69) is 5.32 Å². The fourth-order valence-electron chi connectivity index (χ4n) is 1.49. The number of carbonyl (C=O) groups excluding carboxylic acids is 2. The average molecular weight is 222 g/mol. The predicted octanol–water partition coefficient (Wildman–Crippen LogP) is 1.06. The van der Waals surface area contributed by atoms with Crippen LogP contribution in [-0.4, -0.2) is 18.9 Å². The van der Waals surface area contributed by atoms with Crippen LogP contribution in [0.4, 0.5) is 5.69 Å². The summed E-state index contributed by atoms with van der Waals surface area (Å²) in [5.74, 6) is -0.385. The van der Waals surface area contributed by atoms with Crippen LogP contribution in [0.15, 0.2) is 12.1 Å². The van der Waals surface area contributed by atoms with Crippen LogP contribution in [0.3, 0.4) is 0 Å². The van der Waals surface area contributed by atoms with E-state index in [1.54, 1.807) is 19.1 Å². The van der Waals surface area contributed by atoms with Crippen LogP contribution in [0.5, 0.6) is 5.75 Å². The van der Waals surface area contributed by atoms with Crippen molar-refractivity contribution in [1.29, 1.82) is 0 Å². The second-order valence-corrected chi connectivity index (χ2v) is 3.36. The average Bonchev–Trinajstić information content (AvgIpc) is 2.19. The first kappa shape index (κ1) is 12.0. The highest BCUT2D eigenvalue weighted by atomic mass is 16.5. The first-order valence-corrected chi connectivity index (χ1v) is 4.72. The summed E-state index contributed by atoms with van der Waals surface area (Å²) in [6.45, 7) is 3.10. The highest BCUT2D eigenvalue weighted by Gasteiger charge is 2.15. The Balaban J connectivity index is 3.31. The molecule has 0 heterocycles. The van der Waals surface area contributed by atoms with Gasteiger partial charge in [0.15, 0.2) is 0 Å². The summed E-state index contributed by atoms with van der Waals surface area (Å²) >= 11 is 0. The molecule has 0 saturated heterocycles. The van der Waals surface area contributed by atoms with Crippen molar-refractivity contribution in [2.75, 3.05) is 12.4 Å². The lowest BCUT2D eigenvalue weighted by Crippen LogP contribution is -2.16. The SMILES string of the molecule is COc1ccc(NC(C)=O)c(C)c1C(N)=O. The first-order chi connectivity index (χ1) is 7.47. The van der Waals surface area contributed by atoms with Crippen molar-refractivity contribution in [3.63, 3.8) is 0 Å². The Labute approximate surface area is 93.6 Å². The summed E-state index contributed by atoms with van der Waals surface area (Å²) in [6, 6.07) is 3.26. The topological polar surface area (TPSA) is 81.4 Å². The normalized spacial score (nSPS) is 9.69. The lowest BCUT2D eigenvalue weighted by Gasteiger charge is -2.13. The molecule has 0 fully saturated rings. The summed E-state index contributed by atoms with van der Waals surface area (Å²) in [5.41, 5.74) is 6.70. The van der Waals surface area contributed by atoms with Crippen LogP contribution < -0.4 is 15.8 Å². The molecule has 0 unspecified atom stereocenters. The summed E-state index contributed by atoms with van der Waals surface area (Å²) in [6.07, 6.45) is 0. The van der Waals surface area contributed by atoms with Gasteiger partial charge in [0.25, 0.3) is 5.91 Å². The molecular formula is C11H14N2O3. The maximum Gasteiger partial charge on any atom is 0.252 e. The van der Waals surface area contributed by atoms with Gasteiger partial charge in [0.1, 0.15) is 5.75 Å². The molecule has 16 heavy (non-hydrogen) atoms. The third-order valence-electron chi connectivity index (χ3n) is 2.20. The molecule has 0 atom stereocenters. The van der Waals surface area contributed by atoms with Gasteiger partial charge >= 0.3 is 0 Å². The molecule has 5 heteroatoms. The Morgan fingerprint density at radius 2 is 2.00 bits per heavy atom. The molecule has 0 radical (unpaired) electrons. The number of hydrogen-bond acceptors (Lipinski definition) is 3. The van der Waals surface area contributed by atoms with E-state index in [1.165, 1.54) is 14.0 Å². The van der Waals surface area contributed by atoms with Crippen molar-refractivity contribution < 1.29 is 14.3 Å². The van der Waals surface area contributed by atoms with E-state index in [0.717, 1.165) is 0 Å². The van der Waals surface area contributed by atoms with E-state index >= 15 is 0 Å². The van der Waals surface area contributed by atoms with E-state index in [9.17, 15) is 9.59 Å². The zero-order valence-corrected chi connectivity index (χ0v) is 9.46. The van der Waals surface area contributed by atoms with Gasteiger partial charge in [-0.3, -0.25) is 9.59 Å². The lowest BCUT2D eigenvalue weighted by molar-refractivity contribution is -0.114. The molecule has 0 spiro atoms. The van der Waals surface area contributed by atoms with Gasteiger partial charge in [0.2, 0.25) is 5.91 Å². The monoisotopic (exact) mass is 222 g/mol. The minimum Gasteiger partial charge on any atom is -0.496 e. The Hall–Kier alpha value is -2.04. The third-order valence-corrected chi connectivity index (χ3v) is 2.20. The van der Waals surface area contributed by atoms with E-state index in [0.29, 0.717) is 17.0 Å². The van der Waals surface area contributed by atoms with Gasteiger partial charge in [-0.25, -0.2) is 0 Å². The highest BCUT2D eigenvalue weighted by molar-refractivity contribution is 6.00. The molecule has 2 amide bonds. The number of anilines is 1. The molecule has 0 aliphatic carbocycles. The van der Waals surface area contributed by atoms with Crippen LogP contribution in [0.1, 0.15) is 22.8 Å². The third kappa shape index (κ3) is 2.31. The van der Waals surface area contributed by atoms with E-state index in [1.807, 2.05) is 0 Å². The summed E-state index contributed by atoms with van der Waals surface area (Å²) in [4.78, 5) is 22.2. The molecule has 1 aromatic carbocycles. The molecule has 0 aliphatic heterocycles.